The van der Waals surface area contributed by atoms with E-state index in [9.17, 15) is 14.0 Å². The highest BCUT2D eigenvalue weighted by atomic mass is 19.1. The quantitative estimate of drug-likeness (QED) is 0.609. The van der Waals surface area contributed by atoms with Crippen molar-refractivity contribution in [1.82, 2.24) is 15.6 Å². The fourth-order valence-electron chi connectivity index (χ4n) is 3.24. The standard InChI is InChI=1S/C22H24FN3O2/c1-13-10-16(21-18(11-13)14(2)15(3)26-21)12-25-20(27)8-9-24-22(28)17-6-4-5-7-19(17)23/h4-7,10-11,26H,8-9,12H2,1-3H3,(H,24,28)(H,25,27). The van der Waals surface area contributed by atoms with Crippen LogP contribution in [0, 0.1) is 26.6 Å². The largest absolute Gasteiger partial charge is 0.358 e. The third kappa shape index (κ3) is 4.22. The zero-order chi connectivity index (χ0) is 20.3. The molecule has 1 aromatic heterocycles. The number of nitrogens with one attached hydrogen (secondary N) is 3. The van der Waals surface area contributed by atoms with E-state index >= 15 is 0 Å². The summed E-state index contributed by atoms with van der Waals surface area (Å²) in [6, 6.07) is 9.95. The minimum atomic E-state index is -0.579. The number of carbonyl (C=O) groups excluding carboxylic acids is 2. The summed E-state index contributed by atoms with van der Waals surface area (Å²) in [6.45, 7) is 6.69. The molecule has 1 heterocycles. The molecule has 6 heteroatoms. The lowest BCUT2D eigenvalue weighted by Crippen LogP contribution is -2.31. The minimum Gasteiger partial charge on any atom is -0.358 e. The maximum absolute atomic E-state index is 13.6. The van der Waals surface area contributed by atoms with Crippen molar-refractivity contribution in [3.63, 3.8) is 0 Å². The van der Waals surface area contributed by atoms with Crippen LogP contribution in [0.4, 0.5) is 4.39 Å². The molecule has 0 aliphatic rings. The first kappa shape index (κ1) is 19.6. The number of rotatable bonds is 6. The molecule has 0 atom stereocenters. The number of H-pyrrole nitrogens is 1. The van der Waals surface area contributed by atoms with Gasteiger partial charge in [-0.1, -0.05) is 23.8 Å². The Bertz CT molecular complexity index is 1040. The molecule has 28 heavy (non-hydrogen) atoms. The van der Waals surface area contributed by atoms with Crippen LogP contribution in [-0.2, 0) is 11.3 Å². The van der Waals surface area contributed by atoms with Crippen molar-refractivity contribution in [2.75, 3.05) is 6.54 Å². The van der Waals surface area contributed by atoms with Crippen molar-refractivity contribution >= 4 is 22.7 Å². The van der Waals surface area contributed by atoms with E-state index < -0.39 is 11.7 Å². The normalized spacial score (nSPS) is 10.9. The minimum absolute atomic E-state index is 0.0254. The maximum Gasteiger partial charge on any atom is 0.254 e. The van der Waals surface area contributed by atoms with Crippen molar-refractivity contribution in [2.24, 2.45) is 0 Å². The van der Waals surface area contributed by atoms with Crippen LogP contribution in [0.15, 0.2) is 36.4 Å². The summed E-state index contributed by atoms with van der Waals surface area (Å²) < 4.78 is 13.6. The highest BCUT2D eigenvalue weighted by Gasteiger charge is 2.12. The second-order valence-corrected chi connectivity index (χ2v) is 6.98. The zero-order valence-electron chi connectivity index (χ0n) is 16.3. The Morgan fingerprint density at radius 2 is 1.82 bits per heavy atom. The van der Waals surface area contributed by atoms with Gasteiger partial charge in [-0.05, 0) is 50.1 Å². The highest BCUT2D eigenvalue weighted by Crippen LogP contribution is 2.26. The first-order valence-electron chi connectivity index (χ1n) is 9.24. The number of hydrogen-bond donors (Lipinski definition) is 3. The van der Waals surface area contributed by atoms with Gasteiger partial charge in [0.05, 0.1) is 11.1 Å². The summed E-state index contributed by atoms with van der Waals surface area (Å²) in [5.74, 6) is -1.28. The summed E-state index contributed by atoms with van der Waals surface area (Å²) in [5.41, 5.74) is 5.49. The van der Waals surface area contributed by atoms with Gasteiger partial charge in [-0.25, -0.2) is 4.39 Å². The third-order valence-corrected chi connectivity index (χ3v) is 4.88. The molecule has 3 aromatic rings. The Hall–Kier alpha value is -3.15. The van der Waals surface area contributed by atoms with E-state index in [1.54, 1.807) is 6.07 Å². The van der Waals surface area contributed by atoms with Crippen LogP contribution in [-0.4, -0.2) is 23.3 Å². The van der Waals surface area contributed by atoms with Crippen LogP contribution in [0.1, 0.15) is 39.2 Å². The average Bonchev–Trinajstić information content (AvgIpc) is 2.94. The Labute approximate surface area is 163 Å². The highest BCUT2D eigenvalue weighted by molar-refractivity contribution is 5.94. The number of benzene rings is 2. The molecule has 0 aliphatic heterocycles. The third-order valence-electron chi connectivity index (χ3n) is 4.88. The van der Waals surface area contributed by atoms with Crippen molar-refractivity contribution in [1.29, 1.82) is 0 Å². The van der Waals surface area contributed by atoms with Crippen LogP contribution in [0.2, 0.25) is 0 Å². The van der Waals surface area contributed by atoms with Gasteiger partial charge in [0.25, 0.3) is 5.91 Å². The summed E-state index contributed by atoms with van der Waals surface area (Å²) in [6.07, 6.45) is 0.123. The first-order valence-corrected chi connectivity index (χ1v) is 9.24. The maximum atomic E-state index is 13.6. The molecule has 0 radical (unpaired) electrons. The van der Waals surface area contributed by atoms with E-state index in [1.165, 1.54) is 29.1 Å². The van der Waals surface area contributed by atoms with Crippen molar-refractivity contribution in [2.45, 2.75) is 33.7 Å². The number of aryl methyl sites for hydroxylation is 3. The smallest absolute Gasteiger partial charge is 0.254 e. The summed E-state index contributed by atoms with van der Waals surface area (Å²) >= 11 is 0. The van der Waals surface area contributed by atoms with Gasteiger partial charge in [0, 0.05) is 30.6 Å². The second kappa shape index (κ2) is 8.25. The fourth-order valence-corrected chi connectivity index (χ4v) is 3.24. The van der Waals surface area contributed by atoms with Crippen molar-refractivity contribution < 1.29 is 14.0 Å². The van der Waals surface area contributed by atoms with E-state index in [0.717, 1.165) is 22.3 Å². The molecule has 0 unspecified atom stereocenters. The molecule has 5 nitrogen and oxygen atoms in total. The Morgan fingerprint density at radius 3 is 2.57 bits per heavy atom. The molecule has 0 spiro atoms. The van der Waals surface area contributed by atoms with E-state index in [1.807, 2.05) is 13.8 Å². The molecular weight excluding hydrogens is 357 g/mol. The van der Waals surface area contributed by atoms with Gasteiger partial charge in [0.2, 0.25) is 5.91 Å². The monoisotopic (exact) mass is 381 g/mol. The fraction of sp³-hybridized carbons (Fsp3) is 0.273. The van der Waals surface area contributed by atoms with Crippen LogP contribution < -0.4 is 10.6 Å². The van der Waals surface area contributed by atoms with Gasteiger partial charge in [-0.15, -0.1) is 0 Å². The number of aromatic nitrogens is 1. The van der Waals surface area contributed by atoms with Crippen molar-refractivity contribution in [3.8, 4) is 0 Å². The first-order chi connectivity index (χ1) is 13.4. The van der Waals surface area contributed by atoms with E-state index in [2.05, 4.69) is 34.7 Å². The van der Waals surface area contributed by atoms with E-state index in [-0.39, 0.29) is 24.4 Å². The Morgan fingerprint density at radius 1 is 1.07 bits per heavy atom. The van der Waals surface area contributed by atoms with Gasteiger partial charge in [0.1, 0.15) is 5.82 Å². The predicted octanol–water partition coefficient (Wildman–Crippen LogP) is 3.67. The van der Waals surface area contributed by atoms with Crippen LogP contribution in [0.3, 0.4) is 0 Å². The average molecular weight is 381 g/mol. The Kier molecular flexibility index (Phi) is 5.78. The lowest BCUT2D eigenvalue weighted by molar-refractivity contribution is -0.121. The SMILES string of the molecule is Cc1cc(CNC(=O)CCNC(=O)c2ccccc2F)c2[nH]c(C)c(C)c2c1. The number of halogens is 1. The van der Waals surface area contributed by atoms with Gasteiger partial charge in [-0.3, -0.25) is 9.59 Å². The lowest BCUT2D eigenvalue weighted by Gasteiger charge is -2.09. The van der Waals surface area contributed by atoms with Gasteiger partial charge < -0.3 is 15.6 Å². The predicted molar refractivity (Wildman–Crippen MR) is 108 cm³/mol. The number of fused-ring (bicyclic) bond motifs is 1. The van der Waals surface area contributed by atoms with Gasteiger partial charge in [-0.2, -0.15) is 0 Å². The van der Waals surface area contributed by atoms with Crippen LogP contribution in [0.5, 0.6) is 0 Å². The molecular formula is C22H24FN3O2. The van der Waals surface area contributed by atoms with Gasteiger partial charge in [0.15, 0.2) is 0 Å². The summed E-state index contributed by atoms with van der Waals surface area (Å²) in [5, 5.41) is 6.63. The summed E-state index contributed by atoms with van der Waals surface area (Å²) in [4.78, 5) is 27.5. The molecule has 3 N–H and O–H groups in total. The number of carbonyl (C=O) groups is 2. The lowest BCUT2D eigenvalue weighted by atomic mass is 10.0. The van der Waals surface area contributed by atoms with Crippen LogP contribution in [0.25, 0.3) is 10.9 Å². The van der Waals surface area contributed by atoms with Crippen molar-refractivity contribution in [3.05, 3.63) is 70.2 Å². The molecule has 0 fully saturated rings. The molecule has 0 saturated heterocycles. The van der Waals surface area contributed by atoms with Crippen LogP contribution >= 0.6 is 0 Å². The molecule has 2 amide bonds. The molecule has 2 aromatic carbocycles. The second-order valence-electron chi connectivity index (χ2n) is 6.98. The molecule has 0 saturated carbocycles. The molecule has 0 aliphatic carbocycles. The topological polar surface area (TPSA) is 74.0 Å². The molecule has 0 bridgehead atoms. The van der Waals surface area contributed by atoms with Gasteiger partial charge >= 0.3 is 0 Å². The zero-order valence-corrected chi connectivity index (χ0v) is 16.3. The number of hydrogen-bond acceptors (Lipinski definition) is 2. The van der Waals surface area contributed by atoms with E-state index in [4.69, 9.17) is 0 Å². The Balaban J connectivity index is 1.55. The van der Waals surface area contributed by atoms with E-state index in [0.29, 0.717) is 6.54 Å². The molecule has 146 valence electrons. The summed E-state index contributed by atoms with van der Waals surface area (Å²) in [7, 11) is 0. The number of amides is 2. The number of aromatic amines is 1. The molecule has 3 rings (SSSR count).